The standard InChI is InChI=1S/C23H27ClF2O6/c1-11(27)32-10-19(30)23(31)17(24)8-13-14-7-16(25)15-6-12(28)4-5-20(15,2)22(14,26)18(29)9-21(13,23)3/h4-6,13-14,16-18,29,31H,7-10H2,1-3H3/t13-,14-,16-,17+,18-,20-,21-,22-,23-/m0/s1. The molecule has 4 aliphatic rings. The summed E-state index contributed by atoms with van der Waals surface area (Å²) in [6.45, 7) is 3.43. The molecule has 4 rings (SSSR count). The quantitative estimate of drug-likeness (QED) is 0.483. The van der Waals surface area contributed by atoms with E-state index in [1.54, 1.807) is 6.92 Å². The number of carbonyl (C=O) groups excluding carboxylic acids is 3. The van der Waals surface area contributed by atoms with Gasteiger partial charge in [-0.1, -0.05) is 13.0 Å². The van der Waals surface area contributed by atoms with E-state index < -0.39 is 75.7 Å². The zero-order chi connectivity index (χ0) is 23.9. The first-order chi connectivity index (χ1) is 14.7. The number of allylic oxidation sites excluding steroid dienone is 4. The molecule has 0 aromatic carbocycles. The van der Waals surface area contributed by atoms with Crippen LogP contribution >= 0.6 is 11.6 Å². The number of hydrogen-bond donors (Lipinski definition) is 2. The van der Waals surface area contributed by atoms with E-state index in [-0.39, 0.29) is 24.8 Å². The molecule has 2 N–H and O–H groups in total. The van der Waals surface area contributed by atoms with Gasteiger partial charge in [0.25, 0.3) is 0 Å². The van der Waals surface area contributed by atoms with Crippen LogP contribution in [-0.2, 0) is 19.1 Å². The average Bonchev–Trinajstić information content (AvgIpc) is 2.91. The van der Waals surface area contributed by atoms with Crippen LogP contribution in [0.25, 0.3) is 0 Å². The van der Waals surface area contributed by atoms with E-state index in [0.29, 0.717) is 0 Å². The first-order valence-corrected chi connectivity index (χ1v) is 11.2. The lowest BCUT2D eigenvalue weighted by atomic mass is 9.44. The maximum atomic E-state index is 17.0. The highest BCUT2D eigenvalue weighted by molar-refractivity contribution is 6.24. The number of aliphatic hydroxyl groups is 2. The van der Waals surface area contributed by atoms with Gasteiger partial charge in [0.2, 0.25) is 5.78 Å². The summed E-state index contributed by atoms with van der Waals surface area (Å²) in [6, 6.07) is 0. The Morgan fingerprint density at radius 3 is 2.56 bits per heavy atom. The van der Waals surface area contributed by atoms with Gasteiger partial charge < -0.3 is 14.9 Å². The molecule has 4 aliphatic carbocycles. The molecule has 0 bridgehead atoms. The molecule has 0 saturated heterocycles. The predicted molar refractivity (Wildman–Crippen MR) is 110 cm³/mol. The third kappa shape index (κ3) is 2.72. The van der Waals surface area contributed by atoms with Crippen LogP contribution in [0, 0.1) is 22.7 Å². The fourth-order valence-corrected chi connectivity index (χ4v) is 7.51. The van der Waals surface area contributed by atoms with Gasteiger partial charge in [0.15, 0.2) is 18.1 Å². The second-order valence-corrected chi connectivity index (χ2v) is 10.6. The maximum Gasteiger partial charge on any atom is 0.303 e. The Hall–Kier alpha value is -1.64. The van der Waals surface area contributed by atoms with Crippen molar-refractivity contribution in [2.24, 2.45) is 22.7 Å². The van der Waals surface area contributed by atoms with Gasteiger partial charge in [-0.3, -0.25) is 14.4 Å². The smallest absolute Gasteiger partial charge is 0.303 e. The van der Waals surface area contributed by atoms with Gasteiger partial charge in [-0.2, -0.15) is 0 Å². The molecule has 0 spiro atoms. The van der Waals surface area contributed by atoms with Crippen LogP contribution in [0.5, 0.6) is 0 Å². The molecule has 3 fully saturated rings. The molecule has 9 heteroatoms. The predicted octanol–water partition coefficient (Wildman–Crippen LogP) is 2.39. The summed E-state index contributed by atoms with van der Waals surface area (Å²) in [5, 5.41) is 21.5. The fraction of sp³-hybridized carbons (Fsp3) is 0.696. The second kappa shape index (κ2) is 7.18. The van der Waals surface area contributed by atoms with Crippen LogP contribution < -0.4 is 0 Å². The summed E-state index contributed by atoms with van der Waals surface area (Å²) < 4.78 is 37.1. The van der Waals surface area contributed by atoms with E-state index in [2.05, 4.69) is 0 Å². The largest absolute Gasteiger partial charge is 0.458 e. The second-order valence-electron chi connectivity index (χ2n) is 10.0. The van der Waals surface area contributed by atoms with E-state index in [1.165, 1.54) is 19.1 Å². The summed E-state index contributed by atoms with van der Waals surface area (Å²) in [5.74, 6) is -3.78. The summed E-state index contributed by atoms with van der Waals surface area (Å²) in [6.07, 6.45) is -0.293. The molecule has 0 aliphatic heterocycles. The Balaban J connectivity index is 1.79. The highest BCUT2D eigenvalue weighted by Gasteiger charge is 2.77. The van der Waals surface area contributed by atoms with Gasteiger partial charge in [-0.05, 0) is 49.8 Å². The Labute approximate surface area is 189 Å². The molecular formula is C23H27ClF2O6. The Kier molecular flexibility index (Phi) is 5.27. The number of halogens is 3. The number of fused-ring (bicyclic) bond motifs is 5. The monoisotopic (exact) mass is 472 g/mol. The minimum Gasteiger partial charge on any atom is -0.458 e. The van der Waals surface area contributed by atoms with Crippen molar-refractivity contribution in [1.29, 1.82) is 0 Å². The number of carbonyl (C=O) groups is 3. The van der Waals surface area contributed by atoms with E-state index in [0.717, 1.165) is 13.0 Å². The van der Waals surface area contributed by atoms with Crippen LogP contribution in [0.3, 0.4) is 0 Å². The van der Waals surface area contributed by atoms with Crippen molar-refractivity contribution in [1.82, 2.24) is 0 Å². The van der Waals surface area contributed by atoms with Crippen molar-refractivity contribution >= 4 is 29.1 Å². The first kappa shape index (κ1) is 23.5. The van der Waals surface area contributed by atoms with Gasteiger partial charge in [-0.15, -0.1) is 11.6 Å². The number of ketones is 2. The summed E-state index contributed by atoms with van der Waals surface area (Å²) in [7, 11) is 0. The lowest BCUT2D eigenvalue weighted by Gasteiger charge is -2.62. The SMILES string of the molecule is CC(=O)OCC(=O)[C@@]1(O)[C@H](Cl)C[C@H]2[C@@H]3C[C@H](F)C4=CC(=O)C=C[C@]4(C)[C@@]3(F)[C@@H](O)C[C@@]21C. The Bertz CT molecular complexity index is 951. The molecular weight excluding hydrogens is 446 g/mol. The number of rotatable bonds is 3. The van der Waals surface area contributed by atoms with Crippen molar-refractivity contribution in [3.63, 3.8) is 0 Å². The highest BCUT2D eigenvalue weighted by atomic mass is 35.5. The Morgan fingerprint density at radius 1 is 1.28 bits per heavy atom. The molecule has 0 heterocycles. The molecule has 32 heavy (non-hydrogen) atoms. The minimum atomic E-state index is -2.33. The van der Waals surface area contributed by atoms with E-state index in [1.807, 2.05) is 0 Å². The minimum absolute atomic E-state index is 0.00646. The van der Waals surface area contributed by atoms with Gasteiger partial charge >= 0.3 is 5.97 Å². The molecule has 9 atom stereocenters. The molecule has 0 aromatic heterocycles. The molecule has 6 nitrogen and oxygen atoms in total. The van der Waals surface area contributed by atoms with Gasteiger partial charge in [0.1, 0.15) is 11.8 Å². The van der Waals surface area contributed by atoms with Crippen molar-refractivity contribution in [2.75, 3.05) is 6.61 Å². The highest BCUT2D eigenvalue weighted by Crippen LogP contribution is 2.70. The topological polar surface area (TPSA) is 101 Å². The van der Waals surface area contributed by atoms with Crippen molar-refractivity contribution in [3.05, 3.63) is 23.8 Å². The first-order valence-electron chi connectivity index (χ1n) is 10.7. The van der Waals surface area contributed by atoms with E-state index in [4.69, 9.17) is 16.3 Å². The number of aliphatic hydroxyl groups excluding tert-OH is 1. The van der Waals surface area contributed by atoms with Crippen molar-refractivity contribution in [3.8, 4) is 0 Å². The van der Waals surface area contributed by atoms with Crippen LogP contribution in [0.2, 0.25) is 0 Å². The number of Topliss-reactive ketones (excluding diaryl/α,β-unsaturated/α-hetero) is 1. The van der Waals surface area contributed by atoms with Crippen LogP contribution in [0.4, 0.5) is 8.78 Å². The third-order valence-corrected chi connectivity index (χ3v) is 9.13. The van der Waals surface area contributed by atoms with Crippen LogP contribution in [0.15, 0.2) is 23.8 Å². The molecule has 0 unspecified atom stereocenters. The lowest BCUT2D eigenvalue weighted by Crippen LogP contribution is -2.70. The van der Waals surface area contributed by atoms with Gasteiger partial charge in [0.05, 0.1) is 11.5 Å². The average molecular weight is 473 g/mol. The lowest BCUT2D eigenvalue weighted by molar-refractivity contribution is -0.222. The molecule has 3 saturated carbocycles. The number of esters is 1. The molecule has 176 valence electrons. The normalized spacial score (nSPS) is 49.6. The molecule has 0 amide bonds. The molecule has 0 aromatic rings. The van der Waals surface area contributed by atoms with Gasteiger partial charge in [0, 0.05) is 23.7 Å². The number of ether oxygens (including phenoxy) is 1. The maximum absolute atomic E-state index is 17.0. The Morgan fingerprint density at radius 2 is 1.94 bits per heavy atom. The summed E-state index contributed by atoms with van der Waals surface area (Å²) >= 11 is 6.47. The van der Waals surface area contributed by atoms with Crippen LogP contribution in [-0.4, -0.2) is 63.3 Å². The summed E-state index contributed by atoms with van der Waals surface area (Å²) in [5.41, 5.74) is -7.47. The molecule has 0 radical (unpaired) electrons. The number of hydrogen-bond acceptors (Lipinski definition) is 6. The zero-order valence-corrected chi connectivity index (χ0v) is 18.9. The fourth-order valence-electron chi connectivity index (χ4n) is 6.95. The van der Waals surface area contributed by atoms with Crippen molar-refractivity contribution < 1.29 is 38.1 Å². The van der Waals surface area contributed by atoms with Crippen LogP contribution in [0.1, 0.15) is 40.0 Å². The summed E-state index contributed by atoms with van der Waals surface area (Å²) in [4.78, 5) is 36.0. The van der Waals surface area contributed by atoms with Gasteiger partial charge in [-0.25, -0.2) is 8.78 Å². The van der Waals surface area contributed by atoms with Crippen molar-refractivity contribution in [2.45, 2.75) is 69.0 Å². The third-order valence-electron chi connectivity index (χ3n) is 8.64. The zero-order valence-electron chi connectivity index (χ0n) is 18.1. The number of alkyl halides is 3. The van der Waals surface area contributed by atoms with E-state index >= 15 is 8.78 Å². The van der Waals surface area contributed by atoms with E-state index in [9.17, 15) is 24.6 Å².